The van der Waals surface area contributed by atoms with E-state index in [1.807, 2.05) is 13.8 Å². The van der Waals surface area contributed by atoms with Gasteiger partial charge in [0.25, 0.3) is 0 Å². The molecule has 0 unspecified atom stereocenters. The molecule has 80 valence electrons. The third-order valence-electron chi connectivity index (χ3n) is 2.40. The molecular formula is C11H13FN2O. The summed E-state index contributed by atoms with van der Waals surface area (Å²) in [5.74, 6) is -0.305. The largest absolute Gasteiger partial charge is 0.390 e. The Morgan fingerprint density at radius 1 is 1.47 bits per heavy atom. The van der Waals surface area contributed by atoms with Gasteiger partial charge >= 0.3 is 0 Å². The van der Waals surface area contributed by atoms with Crippen molar-refractivity contribution in [3.63, 3.8) is 0 Å². The summed E-state index contributed by atoms with van der Waals surface area (Å²) in [5.41, 5.74) is 1.33. The van der Waals surface area contributed by atoms with Crippen LogP contribution < -0.4 is 0 Å². The predicted octanol–water partition coefficient (Wildman–Crippen LogP) is 2.25. The van der Waals surface area contributed by atoms with Gasteiger partial charge < -0.3 is 5.11 Å². The topological polar surface area (TPSA) is 38.0 Å². The van der Waals surface area contributed by atoms with Crippen molar-refractivity contribution in [1.82, 2.24) is 9.78 Å². The minimum absolute atomic E-state index is 0.0830. The summed E-state index contributed by atoms with van der Waals surface area (Å²) in [6.45, 7) is 3.86. The maximum atomic E-state index is 13.0. The van der Waals surface area contributed by atoms with Crippen molar-refractivity contribution in [3.05, 3.63) is 29.7 Å². The van der Waals surface area contributed by atoms with Crippen molar-refractivity contribution in [2.45, 2.75) is 26.5 Å². The minimum Gasteiger partial charge on any atom is -0.390 e. The van der Waals surface area contributed by atoms with Gasteiger partial charge in [0.15, 0.2) is 0 Å². The molecule has 3 nitrogen and oxygen atoms in total. The third-order valence-corrected chi connectivity index (χ3v) is 2.40. The molecule has 15 heavy (non-hydrogen) atoms. The predicted molar refractivity (Wildman–Crippen MR) is 56.0 cm³/mol. The quantitative estimate of drug-likeness (QED) is 0.822. The van der Waals surface area contributed by atoms with Gasteiger partial charge in [0.2, 0.25) is 0 Å². The second-order valence-electron chi connectivity index (χ2n) is 3.80. The number of aromatic nitrogens is 2. The van der Waals surface area contributed by atoms with Crippen molar-refractivity contribution < 1.29 is 9.50 Å². The zero-order valence-corrected chi connectivity index (χ0v) is 8.74. The van der Waals surface area contributed by atoms with E-state index in [1.54, 1.807) is 10.7 Å². The molecule has 1 N–H and O–H groups in total. The van der Waals surface area contributed by atoms with E-state index < -0.39 is 0 Å². The fourth-order valence-corrected chi connectivity index (χ4v) is 1.72. The number of nitrogens with zero attached hydrogens (tertiary/aromatic N) is 2. The number of hydrogen-bond donors (Lipinski definition) is 1. The van der Waals surface area contributed by atoms with E-state index in [-0.39, 0.29) is 18.5 Å². The van der Waals surface area contributed by atoms with Crippen LogP contribution in [-0.4, -0.2) is 14.9 Å². The van der Waals surface area contributed by atoms with Crippen LogP contribution in [0.4, 0.5) is 4.39 Å². The van der Waals surface area contributed by atoms with Gasteiger partial charge in [-0.15, -0.1) is 0 Å². The van der Waals surface area contributed by atoms with Crippen LogP contribution in [0, 0.1) is 5.82 Å². The zero-order chi connectivity index (χ0) is 11.0. The molecule has 0 spiro atoms. The normalized spacial score (nSPS) is 11.5. The summed E-state index contributed by atoms with van der Waals surface area (Å²) in [7, 11) is 0. The number of aliphatic hydroxyl groups excluding tert-OH is 1. The highest BCUT2D eigenvalue weighted by Gasteiger charge is 2.12. The van der Waals surface area contributed by atoms with Gasteiger partial charge in [0, 0.05) is 17.5 Å². The first-order valence-electron chi connectivity index (χ1n) is 4.91. The van der Waals surface area contributed by atoms with Gasteiger partial charge in [-0.25, -0.2) is 4.39 Å². The minimum atomic E-state index is -0.305. The van der Waals surface area contributed by atoms with Crippen LogP contribution in [-0.2, 0) is 6.61 Å². The van der Waals surface area contributed by atoms with E-state index in [2.05, 4.69) is 5.10 Å². The molecule has 0 fully saturated rings. The summed E-state index contributed by atoms with van der Waals surface area (Å²) in [5, 5.41) is 14.3. The van der Waals surface area contributed by atoms with E-state index >= 15 is 0 Å². The fourth-order valence-electron chi connectivity index (χ4n) is 1.72. The Balaban J connectivity index is 2.73. The maximum absolute atomic E-state index is 13.0. The zero-order valence-electron chi connectivity index (χ0n) is 8.74. The molecule has 0 saturated carbocycles. The molecule has 0 saturated heterocycles. The van der Waals surface area contributed by atoms with Crippen LogP contribution in [0.1, 0.15) is 25.6 Å². The highest BCUT2D eigenvalue weighted by Crippen LogP contribution is 2.22. The van der Waals surface area contributed by atoms with Crippen LogP contribution in [0.3, 0.4) is 0 Å². The number of rotatable bonds is 2. The van der Waals surface area contributed by atoms with E-state index in [4.69, 9.17) is 0 Å². The molecule has 0 bridgehead atoms. The fraction of sp³-hybridized carbons (Fsp3) is 0.364. The standard InChI is InChI=1S/C11H13FN2O/c1-7(2)14-11(6-15)9-4-3-8(12)5-10(9)13-14/h3-5,7,15H,6H2,1-2H3. The Hall–Kier alpha value is -1.42. The molecular weight excluding hydrogens is 195 g/mol. The van der Waals surface area contributed by atoms with E-state index in [9.17, 15) is 9.50 Å². The molecule has 1 aromatic carbocycles. The molecule has 0 aliphatic rings. The van der Waals surface area contributed by atoms with Crippen molar-refractivity contribution in [3.8, 4) is 0 Å². The van der Waals surface area contributed by atoms with Crippen LogP contribution in [0.5, 0.6) is 0 Å². The van der Waals surface area contributed by atoms with E-state index in [0.717, 1.165) is 11.1 Å². The number of aliphatic hydroxyl groups is 1. The summed E-state index contributed by atoms with van der Waals surface area (Å²) in [6.07, 6.45) is 0. The molecule has 1 aromatic heterocycles. The summed E-state index contributed by atoms with van der Waals surface area (Å²) in [4.78, 5) is 0. The van der Waals surface area contributed by atoms with Crippen molar-refractivity contribution in [2.75, 3.05) is 0 Å². The molecule has 2 aromatic rings. The molecule has 0 radical (unpaired) electrons. The monoisotopic (exact) mass is 208 g/mol. The van der Waals surface area contributed by atoms with Gasteiger partial charge in [0.1, 0.15) is 5.82 Å². The second kappa shape index (κ2) is 3.62. The van der Waals surface area contributed by atoms with Gasteiger partial charge in [0.05, 0.1) is 17.8 Å². The summed E-state index contributed by atoms with van der Waals surface area (Å²) < 4.78 is 14.7. The van der Waals surface area contributed by atoms with Crippen LogP contribution in [0.25, 0.3) is 10.9 Å². The summed E-state index contributed by atoms with van der Waals surface area (Å²) in [6, 6.07) is 4.58. The van der Waals surface area contributed by atoms with Crippen molar-refractivity contribution in [2.24, 2.45) is 0 Å². The lowest BCUT2D eigenvalue weighted by atomic mass is 10.2. The lowest BCUT2D eigenvalue weighted by Gasteiger charge is -2.08. The Labute approximate surface area is 87.1 Å². The Bertz CT molecular complexity index is 491. The Morgan fingerprint density at radius 2 is 2.20 bits per heavy atom. The smallest absolute Gasteiger partial charge is 0.125 e. The van der Waals surface area contributed by atoms with Crippen LogP contribution in [0.2, 0.25) is 0 Å². The van der Waals surface area contributed by atoms with Gasteiger partial charge in [-0.1, -0.05) is 0 Å². The second-order valence-corrected chi connectivity index (χ2v) is 3.80. The lowest BCUT2D eigenvalue weighted by molar-refractivity contribution is 0.266. The first-order valence-corrected chi connectivity index (χ1v) is 4.91. The van der Waals surface area contributed by atoms with Crippen molar-refractivity contribution in [1.29, 1.82) is 0 Å². The lowest BCUT2D eigenvalue weighted by Crippen LogP contribution is -2.07. The molecule has 0 aliphatic heterocycles. The van der Waals surface area contributed by atoms with Crippen molar-refractivity contribution >= 4 is 10.9 Å². The SMILES string of the molecule is CC(C)n1nc2cc(F)ccc2c1CO. The molecule has 2 rings (SSSR count). The molecule has 0 amide bonds. The van der Waals surface area contributed by atoms with E-state index in [1.165, 1.54) is 12.1 Å². The first-order chi connectivity index (χ1) is 7.13. The highest BCUT2D eigenvalue weighted by molar-refractivity contribution is 5.81. The third kappa shape index (κ3) is 1.61. The Morgan fingerprint density at radius 3 is 2.80 bits per heavy atom. The Kier molecular flexibility index (Phi) is 2.44. The maximum Gasteiger partial charge on any atom is 0.125 e. The van der Waals surface area contributed by atoms with Gasteiger partial charge in [-0.2, -0.15) is 5.10 Å². The van der Waals surface area contributed by atoms with Crippen LogP contribution in [0.15, 0.2) is 18.2 Å². The highest BCUT2D eigenvalue weighted by atomic mass is 19.1. The van der Waals surface area contributed by atoms with Gasteiger partial charge in [-0.05, 0) is 26.0 Å². The number of hydrogen-bond acceptors (Lipinski definition) is 2. The molecule has 0 aliphatic carbocycles. The number of benzene rings is 1. The summed E-state index contributed by atoms with van der Waals surface area (Å²) >= 11 is 0. The average molecular weight is 208 g/mol. The number of fused-ring (bicyclic) bond motifs is 1. The van der Waals surface area contributed by atoms with Crippen LogP contribution >= 0.6 is 0 Å². The molecule has 4 heteroatoms. The molecule has 1 heterocycles. The average Bonchev–Trinajstić information content (AvgIpc) is 2.55. The van der Waals surface area contributed by atoms with Gasteiger partial charge in [-0.3, -0.25) is 4.68 Å². The molecule has 0 atom stereocenters. The first kappa shape index (κ1) is 10.1. The number of halogens is 1. The van der Waals surface area contributed by atoms with E-state index in [0.29, 0.717) is 5.52 Å².